The zero-order chi connectivity index (χ0) is 22.4. The minimum Gasteiger partial charge on any atom is -0.324 e. The van der Waals surface area contributed by atoms with Crippen molar-refractivity contribution >= 4 is 23.2 Å². The fourth-order valence-corrected chi connectivity index (χ4v) is 3.62. The summed E-state index contributed by atoms with van der Waals surface area (Å²) in [5.74, 6) is -0.262. The van der Waals surface area contributed by atoms with E-state index in [9.17, 15) is 22.8 Å². The number of likely N-dealkylation sites (tertiary alicyclic amines) is 1. The van der Waals surface area contributed by atoms with Gasteiger partial charge in [-0.05, 0) is 56.6 Å². The van der Waals surface area contributed by atoms with Gasteiger partial charge in [0, 0.05) is 18.3 Å². The number of carbonyl (C=O) groups is 2. The van der Waals surface area contributed by atoms with E-state index in [0.29, 0.717) is 18.0 Å². The number of anilines is 2. The number of alkyl halides is 3. The van der Waals surface area contributed by atoms with Gasteiger partial charge in [-0.25, -0.2) is 0 Å². The van der Waals surface area contributed by atoms with E-state index >= 15 is 0 Å². The molecule has 2 aromatic rings. The van der Waals surface area contributed by atoms with Crippen molar-refractivity contribution in [1.82, 2.24) is 14.7 Å². The molecule has 0 bridgehead atoms. The largest absolute Gasteiger partial charge is 0.416 e. The van der Waals surface area contributed by atoms with Gasteiger partial charge in [-0.1, -0.05) is 13.0 Å². The molecule has 1 aromatic carbocycles. The van der Waals surface area contributed by atoms with Crippen LogP contribution in [0.1, 0.15) is 31.7 Å². The van der Waals surface area contributed by atoms with E-state index in [1.807, 2.05) is 0 Å². The number of benzene rings is 1. The molecule has 0 radical (unpaired) electrons. The molecule has 1 aliphatic heterocycles. The first-order valence-corrected chi connectivity index (χ1v) is 10.2. The van der Waals surface area contributed by atoms with Crippen molar-refractivity contribution in [3.8, 4) is 0 Å². The van der Waals surface area contributed by atoms with Crippen molar-refractivity contribution < 1.29 is 22.8 Å². The Labute approximate surface area is 178 Å². The second-order valence-corrected chi connectivity index (χ2v) is 7.68. The lowest BCUT2D eigenvalue weighted by molar-refractivity contribution is -0.137. The molecule has 2 amide bonds. The molecule has 2 N–H and O–H groups in total. The van der Waals surface area contributed by atoms with Crippen LogP contribution in [-0.4, -0.2) is 46.1 Å². The monoisotopic (exact) mass is 437 g/mol. The number of carbonyl (C=O) groups excluding carboxylic acids is 2. The third-order valence-electron chi connectivity index (χ3n) is 5.32. The van der Waals surface area contributed by atoms with Crippen LogP contribution in [0.4, 0.5) is 24.5 Å². The molecule has 31 heavy (non-hydrogen) atoms. The van der Waals surface area contributed by atoms with E-state index < -0.39 is 17.6 Å². The SMILES string of the molecule is CCN1CCC(CC(=O)Nc2cnn(CC(=O)Nc3cccc(C(F)(F)F)c3)c2)CC1. The van der Waals surface area contributed by atoms with Gasteiger partial charge in [0.05, 0.1) is 17.4 Å². The number of nitrogens with one attached hydrogen (secondary N) is 2. The summed E-state index contributed by atoms with van der Waals surface area (Å²) in [6.07, 6.45) is 0.909. The smallest absolute Gasteiger partial charge is 0.324 e. The fourth-order valence-electron chi connectivity index (χ4n) is 3.62. The lowest BCUT2D eigenvalue weighted by Gasteiger charge is -2.30. The number of hydrogen-bond acceptors (Lipinski definition) is 4. The maximum atomic E-state index is 12.8. The van der Waals surface area contributed by atoms with Gasteiger partial charge in [0.15, 0.2) is 0 Å². The standard InChI is InChI=1S/C21H26F3N5O2/c1-2-28-8-6-15(7-9-28)10-19(30)27-18-12-25-29(13-18)14-20(31)26-17-5-3-4-16(11-17)21(22,23)24/h3-5,11-13,15H,2,6-10,14H2,1H3,(H,26,31)(H,27,30). The van der Waals surface area contributed by atoms with E-state index in [1.165, 1.54) is 29.2 Å². The Bertz CT molecular complexity index is 904. The first-order valence-electron chi connectivity index (χ1n) is 10.2. The maximum Gasteiger partial charge on any atom is 0.416 e. The number of nitrogens with zero attached hydrogens (tertiary/aromatic N) is 3. The summed E-state index contributed by atoms with van der Waals surface area (Å²) in [5, 5.41) is 9.24. The predicted octanol–water partition coefficient (Wildman–Crippen LogP) is 3.60. The van der Waals surface area contributed by atoms with Gasteiger partial charge in [0.1, 0.15) is 6.54 Å². The zero-order valence-electron chi connectivity index (χ0n) is 17.3. The summed E-state index contributed by atoms with van der Waals surface area (Å²) in [5.41, 5.74) is -0.313. The highest BCUT2D eigenvalue weighted by atomic mass is 19.4. The minimum absolute atomic E-state index is 0.0506. The van der Waals surface area contributed by atoms with Crippen LogP contribution in [0, 0.1) is 5.92 Å². The Kier molecular flexibility index (Phi) is 7.32. The van der Waals surface area contributed by atoms with Crippen molar-refractivity contribution in [3.05, 3.63) is 42.2 Å². The van der Waals surface area contributed by atoms with Crippen molar-refractivity contribution in [2.75, 3.05) is 30.3 Å². The fraction of sp³-hybridized carbons (Fsp3) is 0.476. The molecule has 0 spiro atoms. The third kappa shape index (κ3) is 6.81. The highest BCUT2D eigenvalue weighted by Gasteiger charge is 2.30. The van der Waals surface area contributed by atoms with Crippen LogP contribution >= 0.6 is 0 Å². The lowest BCUT2D eigenvalue weighted by Crippen LogP contribution is -2.34. The van der Waals surface area contributed by atoms with Gasteiger partial charge in [0.2, 0.25) is 11.8 Å². The van der Waals surface area contributed by atoms with Crippen LogP contribution in [0.15, 0.2) is 36.7 Å². The number of amides is 2. The maximum absolute atomic E-state index is 12.8. The Hall–Kier alpha value is -2.88. The summed E-state index contributed by atoms with van der Waals surface area (Å²) < 4.78 is 39.6. The molecule has 0 aliphatic carbocycles. The zero-order valence-corrected chi connectivity index (χ0v) is 17.3. The van der Waals surface area contributed by atoms with Gasteiger partial charge in [-0.15, -0.1) is 0 Å². The number of halogens is 3. The lowest BCUT2D eigenvalue weighted by atomic mass is 9.93. The summed E-state index contributed by atoms with van der Waals surface area (Å²) in [6.45, 7) is 4.98. The number of piperidine rings is 1. The van der Waals surface area contributed by atoms with Gasteiger partial charge in [0.25, 0.3) is 0 Å². The Morgan fingerprint density at radius 1 is 1.13 bits per heavy atom. The highest BCUT2D eigenvalue weighted by Crippen LogP contribution is 2.30. The molecule has 1 fully saturated rings. The topological polar surface area (TPSA) is 79.3 Å². The van der Waals surface area contributed by atoms with E-state index in [2.05, 4.69) is 27.6 Å². The molecule has 0 unspecified atom stereocenters. The molecule has 10 heteroatoms. The van der Waals surface area contributed by atoms with Crippen LogP contribution in [0.3, 0.4) is 0 Å². The molecule has 3 rings (SSSR count). The number of aromatic nitrogens is 2. The van der Waals surface area contributed by atoms with Crippen molar-refractivity contribution in [3.63, 3.8) is 0 Å². The molecular weight excluding hydrogens is 411 g/mol. The minimum atomic E-state index is -4.48. The van der Waals surface area contributed by atoms with Crippen molar-refractivity contribution in [2.45, 2.75) is 38.9 Å². The van der Waals surface area contributed by atoms with Gasteiger partial charge < -0.3 is 15.5 Å². The average Bonchev–Trinajstić information content (AvgIpc) is 3.14. The molecular formula is C21H26F3N5O2. The normalized spacial score (nSPS) is 15.6. The summed E-state index contributed by atoms with van der Waals surface area (Å²) in [6, 6.07) is 4.42. The Morgan fingerprint density at radius 2 is 1.84 bits per heavy atom. The van der Waals surface area contributed by atoms with Crippen LogP contribution in [0.2, 0.25) is 0 Å². The second kappa shape index (κ2) is 9.95. The van der Waals surface area contributed by atoms with E-state index in [-0.39, 0.29) is 18.1 Å². The predicted molar refractivity (Wildman–Crippen MR) is 110 cm³/mol. The first-order chi connectivity index (χ1) is 14.7. The third-order valence-corrected chi connectivity index (χ3v) is 5.32. The quantitative estimate of drug-likeness (QED) is 0.694. The molecule has 0 saturated carbocycles. The van der Waals surface area contributed by atoms with Crippen LogP contribution in [-0.2, 0) is 22.3 Å². The number of rotatable bonds is 7. The molecule has 7 nitrogen and oxygen atoms in total. The van der Waals surface area contributed by atoms with Gasteiger partial charge >= 0.3 is 6.18 Å². The molecule has 1 aliphatic rings. The highest BCUT2D eigenvalue weighted by molar-refractivity contribution is 5.91. The molecule has 1 aromatic heterocycles. The van der Waals surface area contributed by atoms with E-state index in [4.69, 9.17) is 0 Å². The first kappa shape index (κ1) is 22.8. The summed E-state index contributed by atoms with van der Waals surface area (Å²) in [7, 11) is 0. The Morgan fingerprint density at radius 3 is 2.52 bits per heavy atom. The molecule has 168 valence electrons. The molecule has 1 saturated heterocycles. The summed E-state index contributed by atoms with van der Waals surface area (Å²) >= 11 is 0. The van der Waals surface area contributed by atoms with Crippen LogP contribution in [0.5, 0.6) is 0 Å². The second-order valence-electron chi connectivity index (χ2n) is 7.68. The van der Waals surface area contributed by atoms with Crippen LogP contribution in [0.25, 0.3) is 0 Å². The average molecular weight is 437 g/mol. The van der Waals surface area contributed by atoms with Gasteiger partial charge in [-0.2, -0.15) is 18.3 Å². The van der Waals surface area contributed by atoms with Crippen LogP contribution < -0.4 is 10.6 Å². The van der Waals surface area contributed by atoms with Crippen molar-refractivity contribution in [1.29, 1.82) is 0 Å². The van der Waals surface area contributed by atoms with E-state index in [0.717, 1.165) is 44.6 Å². The van der Waals surface area contributed by atoms with Crippen molar-refractivity contribution in [2.24, 2.45) is 5.92 Å². The molecule has 0 atom stereocenters. The van der Waals surface area contributed by atoms with E-state index in [1.54, 1.807) is 0 Å². The van der Waals surface area contributed by atoms with Gasteiger partial charge in [-0.3, -0.25) is 14.3 Å². The Balaban J connectivity index is 1.47. The summed E-state index contributed by atoms with van der Waals surface area (Å²) in [4.78, 5) is 26.8. The number of hydrogen-bond donors (Lipinski definition) is 2. The molecule has 2 heterocycles.